The molecule has 128 valence electrons. The van der Waals surface area contributed by atoms with Gasteiger partial charge in [-0.2, -0.15) is 0 Å². The molecule has 4 nitrogen and oxygen atoms in total. The van der Waals surface area contributed by atoms with Crippen LogP contribution in [0, 0.1) is 27.7 Å². The van der Waals surface area contributed by atoms with E-state index in [1.54, 1.807) is 24.3 Å². The van der Waals surface area contributed by atoms with E-state index >= 15 is 0 Å². The number of benzene rings is 2. The monoisotopic (exact) mass is 345 g/mol. The highest BCUT2D eigenvalue weighted by Crippen LogP contribution is 2.22. The number of amides is 1. The van der Waals surface area contributed by atoms with Gasteiger partial charge < -0.3 is 5.32 Å². The molecule has 0 saturated heterocycles. The minimum absolute atomic E-state index is 0.0665. The van der Waals surface area contributed by atoms with Crippen LogP contribution in [0.2, 0.25) is 0 Å². The van der Waals surface area contributed by atoms with Crippen molar-refractivity contribution in [1.29, 1.82) is 0 Å². The van der Waals surface area contributed by atoms with E-state index < -0.39 is 9.84 Å². The maximum atomic E-state index is 12.3. The maximum Gasteiger partial charge on any atom is 0.225 e. The zero-order valence-corrected chi connectivity index (χ0v) is 15.3. The van der Waals surface area contributed by atoms with E-state index in [1.807, 2.05) is 39.8 Å². The summed E-state index contributed by atoms with van der Waals surface area (Å²) in [4.78, 5) is 12.4. The molecule has 0 aliphatic heterocycles. The second-order valence-corrected chi connectivity index (χ2v) is 8.31. The molecular weight excluding hydrogens is 322 g/mol. The van der Waals surface area contributed by atoms with Crippen molar-refractivity contribution in [2.45, 2.75) is 39.0 Å². The topological polar surface area (TPSA) is 63.2 Å². The molecular formula is C19H23NO3S. The van der Waals surface area contributed by atoms with E-state index in [4.69, 9.17) is 0 Å². The molecule has 2 aromatic rings. The largest absolute Gasteiger partial charge is 0.326 e. The van der Waals surface area contributed by atoms with Crippen LogP contribution in [0.3, 0.4) is 0 Å². The Morgan fingerprint density at radius 3 is 2.00 bits per heavy atom. The van der Waals surface area contributed by atoms with Crippen molar-refractivity contribution >= 4 is 21.4 Å². The lowest BCUT2D eigenvalue weighted by molar-refractivity contribution is -0.115. The maximum absolute atomic E-state index is 12.3. The van der Waals surface area contributed by atoms with Gasteiger partial charge in [0.05, 0.1) is 10.6 Å². The van der Waals surface area contributed by atoms with Crippen LogP contribution in [-0.4, -0.2) is 20.1 Å². The average Bonchev–Trinajstić information content (AvgIpc) is 2.49. The van der Waals surface area contributed by atoms with Gasteiger partial charge in [0.1, 0.15) is 0 Å². The van der Waals surface area contributed by atoms with Gasteiger partial charge in [0.15, 0.2) is 9.84 Å². The van der Waals surface area contributed by atoms with Gasteiger partial charge in [-0.05, 0) is 51.0 Å². The Kier molecular flexibility index (Phi) is 5.44. The SMILES string of the molecule is Cc1ccc(S(=O)(=O)CCC(=O)Nc2c(C)cc(C)cc2C)cc1. The van der Waals surface area contributed by atoms with E-state index in [2.05, 4.69) is 5.32 Å². The summed E-state index contributed by atoms with van der Waals surface area (Å²) in [5.74, 6) is -0.494. The third-order valence-corrected chi connectivity index (χ3v) is 5.65. The summed E-state index contributed by atoms with van der Waals surface area (Å²) in [6.07, 6.45) is -0.0665. The quantitative estimate of drug-likeness (QED) is 0.898. The molecule has 0 heterocycles. The second kappa shape index (κ2) is 7.18. The highest BCUT2D eigenvalue weighted by Gasteiger charge is 2.17. The molecule has 0 aliphatic rings. The molecule has 5 heteroatoms. The van der Waals surface area contributed by atoms with Crippen LogP contribution in [0.4, 0.5) is 5.69 Å². The fourth-order valence-corrected chi connectivity index (χ4v) is 3.91. The highest BCUT2D eigenvalue weighted by molar-refractivity contribution is 7.91. The van der Waals surface area contributed by atoms with Crippen molar-refractivity contribution in [2.24, 2.45) is 0 Å². The predicted molar refractivity (Wildman–Crippen MR) is 97.1 cm³/mol. The molecule has 0 fully saturated rings. The number of hydrogen-bond donors (Lipinski definition) is 1. The predicted octanol–water partition coefficient (Wildman–Crippen LogP) is 3.72. The number of hydrogen-bond acceptors (Lipinski definition) is 3. The highest BCUT2D eigenvalue weighted by atomic mass is 32.2. The van der Waals surface area contributed by atoms with E-state index in [-0.39, 0.29) is 23.0 Å². The molecule has 2 rings (SSSR count). The zero-order chi connectivity index (χ0) is 17.9. The van der Waals surface area contributed by atoms with Crippen molar-refractivity contribution in [1.82, 2.24) is 0 Å². The number of anilines is 1. The second-order valence-electron chi connectivity index (χ2n) is 6.20. The third kappa shape index (κ3) is 4.45. The summed E-state index contributed by atoms with van der Waals surface area (Å²) >= 11 is 0. The van der Waals surface area contributed by atoms with E-state index in [1.165, 1.54) is 0 Å². The minimum Gasteiger partial charge on any atom is -0.326 e. The Bertz CT molecular complexity index is 830. The summed E-state index contributed by atoms with van der Waals surface area (Å²) in [6.45, 7) is 7.76. The van der Waals surface area contributed by atoms with Crippen LogP contribution in [0.5, 0.6) is 0 Å². The van der Waals surface area contributed by atoms with Gasteiger partial charge in [-0.15, -0.1) is 0 Å². The lowest BCUT2D eigenvalue weighted by Gasteiger charge is -2.13. The molecule has 24 heavy (non-hydrogen) atoms. The summed E-state index contributed by atoms with van der Waals surface area (Å²) in [6, 6.07) is 10.7. The first kappa shape index (κ1) is 18.2. The van der Waals surface area contributed by atoms with Crippen LogP contribution >= 0.6 is 0 Å². The van der Waals surface area contributed by atoms with E-state index in [0.717, 1.165) is 27.9 Å². The molecule has 0 radical (unpaired) electrons. The minimum atomic E-state index is -3.45. The van der Waals surface area contributed by atoms with Gasteiger partial charge in [0.2, 0.25) is 5.91 Å². The standard InChI is InChI=1S/C19H23NO3S/c1-13-5-7-17(8-6-13)24(22,23)10-9-18(21)20-19-15(3)11-14(2)12-16(19)4/h5-8,11-12H,9-10H2,1-4H3,(H,20,21). The number of nitrogens with one attached hydrogen (secondary N) is 1. The fraction of sp³-hybridized carbons (Fsp3) is 0.316. The Morgan fingerprint density at radius 1 is 0.917 bits per heavy atom. The first-order valence-corrected chi connectivity index (χ1v) is 9.51. The Morgan fingerprint density at radius 2 is 1.46 bits per heavy atom. The third-order valence-electron chi connectivity index (χ3n) is 3.92. The number of carbonyl (C=O) groups is 1. The van der Waals surface area contributed by atoms with Gasteiger partial charge >= 0.3 is 0 Å². The van der Waals surface area contributed by atoms with Gasteiger partial charge in [-0.3, -0.25) is 4.79 Å². The first-order valence-electron chi connectivity index (χ1n) is 7.86. The van der Waals surface area contributed by atoms with Gasteiger partial charge in [-0.25, -0.2) is 8.42 Å². The lowest BCUT2D eigenvalue weighted by Crippen LogP contribution is -2.18. The Hall–Kier alpha value is -2.14. The Labute approximate surface area is 143 Å². The van der Waals surface area contributed by atoms with E-state index in [9.17, 15) is 13.2 Å². The summed E-state index contributed by atoms with van der Waals surface area (Å²) in [5, 5.41) is 2.84. The molecule has 0 aromatic heterocycles. The van der Waals surface area contributed by atoms with Crippen LogP contribution in [0.1, 0.15) is 28.7 Å². The number of sulfone groups is 1. The summed E-state index contributed by atoms with van der Waals surface area (Å²) in [5.41, 5.74) is 4.84. The van der Waals surface area contributed by atoms with Crippen molar-refractivity contribution in [2.75, 3.05) is 11.1 Å². The summed E-state index contributed by atoms with van der Waals surface area (Å²) in [7, 11) is -3.45. The van der Waals surface area contributed by atoms with Crippen molar-refractivity contribution in [3.05, 3.63) is 58.7 Å². The van der Waals surface area contributed by atoms with Gasteiger partial charge in [0.25, 0.3) is 0 Å². The number of rotatable bonds is 5. The molecule has 0 atom stereocenters. The molecule has 0 bridgehead atoms. The van der Waals surface area contributed by atoms with Crippen LogP contribution in [0.25, 0.3) is 0 Å². The van der Waals surface area contributed by atoms with Gasteiger partial charge in [-0.1, -0.05) is 35.4 Å². The van der Waals surface area contributed by atoms with Crippen molar-refractivity contribution in [3.8, 4) is 0 Å². The molecule has 1 N–H and O–H groups in total. The smallest absolute Gasteiger partial charge is 0.225 e. The molecule has 0 aliphatic carbocycles. The van der Waals surface area contributed by atoms with Crippen LogP contribution in [0.15, 0.2) is 41.3 Å². The Balaban J connectivity index is 2.04. The number of aryl methyl sites for hydroxylation is 4. The number of carbonyl (C=O) groups excluding carboxylic acids is 1. The molecule has 1 amide bonds. The van der Waals surface area contributed by atoms with Crippen LogP contribution in [-0.2, 0) is 14.6 Å². The van der Waals surface area contributed by atoms with Crippen LogP contribution < -0.4 is 5.32 Å². The molecule has 0 saturated carbocycles. The normalized spacial score (nSPS) is 11.3. The molecule has 2 aromatic carbocycles. The summed E-state index contributed by atoms with van der Waals surface area (Å²) < 4.78 is 24.6. The van der Waals surface area contributed by atoms with Crippen molar-refractivity contribution in [3.63, 3.8) is 0 Å². The molecule has 0 spiro atoms. The molecule has 0 unspecified atom stereocenters. The van der Waals surface area contributed by atoms with E-state index in [0.29, 0.717) is 0 Å². The fourth-order valence-electron chi connectivity index (χ4n) is 2.67. The zero-order valence-electron chi connectivity index (χ0n) is 14.5. The first-order chi connectivity index (χ1) is 11.2. The van der Waals surface area contributed by atoms with Gasteiger partial charge in [0, 0.05) is 12.1 Å². The van der Waals surface area contributed by atoms with Crippen molar-refractivity contribution < 1.29 is 13.2 Å². The lowest BCUT2D eigenvalue weighted by atomic mass is 10.1. The average molecular weight is 345 g/mol.